The van der Waals surface area contributed by atoms with Gasteiger partial charge in [-0.2, -0.15) is 0 Å². The Balaban J connectivity index is 1.73. The fourth-order valence-corrected chi connectivity index (χ4v) is 3.58. The standard InChI is InChI=1S/C17H23NO3/c1-2-13-10-17(21-11-13)7-4-8-18(12-17)16(20)14-5-3-6-15(19)9-14/h3,5-6,9,13,19H,2,4,7-8,10-12H2,1H3/t13-,17-/m1/s1. The van der Waals surface area contributed by atoms with E-state index in [1.165, 1.54) is 6.07 Å². The molecule has 4 heteroatoms. The summed E-state index contributed by atoms with van der Waals surface area (Å²) in [5, 5.41) is 9.54. The summed E-state index contributed by atoms with van der Waals surface area (Å²) in [6.45, 7) is 4.48. The van der Waals surface area contributed by atoms with Crippen molar-refractivity contribution in [1.82, 2.24) is 4.90 Å². The summed E-state index contributed by atoms with van der Waals surface area (Å²) in [5.74, 6) is 0.755. The molecule has 1 aromatic carbocycles. The molecule has 0 aromatic heterocycles. The minimum atomic E-state index is -0.134. The summed E-state index contributed by atoms with van der Waals surface area (Å²) in [6.07, 6.45) is 4.24. The molecule has 1 aromatic rings. The first kappa shape index (κ1) is 14.4. The second-order valence-corrected chi connectivity index (χ2v) is 6.35. The molecule has 2 fully saturated rings. The van der Waals surface area contributed by atoms with Crippen molar-refractivity contribution in [2.45, 2.75) is 38.2 Å². The van der Waals surface area contributed by atoms with Crippen LogP contribution in [-0.2, 0) is 4.74 Å². The Bertz CT molecular complexity index is 531. The summed E-state index contributed by atoms with van der Waals surface area (Å²) >= 11 is 0. The Kier molecular flexibility index (Phi) is 3.89. The van der Waals surface area contributed by atoms with E-state index in [1.54, 1.807) is 18.2 Å². The minimum absolute atomic E-state index is 0.00600. The van der Waals surface area contributed by atoms with Gasteiger partial charge in [0.15, 0.2) is 0 Å². The number of nitrogens with zero attached hydrogens (tertiary/aromatic N) is 1. The van der Waals surface area contributed by atoms with Crippen molar-refractivity contribution in [3.63, 3.8) is 0 Å². The molecule has 4 nitrogen and oxygen atoms in total. The zero-order valence-electron chi connectivity index (χ0n) is 12.5. The van der Waals surface area contributed by atoms with E-state index in [-0.39, 0.29) is 17.3 Å². The van der Waals surface area contributed by atoms with Gasteiger partial charge in [0.05, 0.1) is 12.2 Å². The van der Waals surface area contributed by atoms with Gasteiger partial charge in [-0.3, -0.25) is 4.79 Å². The zero-order valence-corrected chi connectivity index (χ0v) is 12.5. The molecule has 0 bridgehead atoms. The molecule has 21 heavy (non-hydrogen) atoms. The number of phenols is 1. The highest BCUT2D eigenvalue weighted by Crippen LogP contribution is 2.38. The SMILES string of the molecule is CC[C@H]1CO[C@]2(CCCN(C(=O)c3cccc(O)c3)C2)C1. The molecule has 2 aliphatic heterocycles. The molecule has 0 saturated carbocycles. The zero-order chi connectivity index (χ0) is 14.9. The molecule has 2 atom stereocenters. The summed E-state index contributed by atoms with van der Waals surface area (Å²) in [5.41, 5.74) is 0.419. The van der Waals surface area contributed by atoms with Gasteiger partial charge in [0, 0.05) is 18.7 Å². The summed E-state index contributed by atoms with van der Waals surface area (Å²) in [6, 6.07) is 6.59. The van der Waals surface area contributed by atoms with Gasteiger partial charge in [0.25, 0.3) is 5.91 Å². The number of likely N-dealkylation sites (tertiary alicyclic amines) is 1. The second-order valence-electron chi connectivity index (χ2n) is 6.35. The Hall–Kier alpha value is -1.55. The van der Waals surface area contributed by atoms with Crippen LogP contribution in [0.15, 0.2) is 24.3 Å². The summed E-state index contributed by atoms with van der Waals surface area (Å²) < 4.78 is 6.08. The van der Waals surface area contributed by atoms with E-state index in [1.807, 2.05) is 4.90 Å². The number of amides is 1. The first-order valence-corrected chi connectivity index (χ1v) is 7.84. The number of hydrogen-bond donors (Lipinski definition) is 1. The van der Waals surface area contributed by atoms with Crippen LogP contribution >= 0.6 is 0 Å². The molecule has 2 saturated heterocycles. The number of carbonyl (C=O) groups is 1. The third-order valence-electron chi connectivity index (χ3n) is 4.78. The Morgan fingerprint density at radius 3 is 3.10 bits per heavy atom. The maximum atomic E-state index is 12.6. The molecule has 0 unspecified atom stereocenters. The van der Waals surface area contributed by atoms with E-state index in [0.717, 1.165) is 38.8 Å². The largest absolute Gasteiger partial charge is 0.508 e. The van der Waals surface area contributed by atoms with E-state index in [4.69, 9.17) is 4.74 Å². The first-order valence-electron chi connectivity index (χ1n) is 7.84. The van der Waals surface area contributed by atoms with E-state index in [2.05, 4.69) is 6.92 Å². The number of carbonyl (C=O) groups excluding carboxylic acids is 1. The monoisotopic (exact) mass is 289 g/mol. The average Bonchev–Trinajstić information content (AvgIpc) is 2.89. The van der Waals surface area contributed by atoms with Crippen LogP contribution in [-0.4, -0.2) is 41.2 Å². The van der Waals surface area contributed by atoms with E-state index in [0.29, 0.717) is 18.0 Å². The van der Waals surface area contributed by atoms with Gasteiger partial charge in [0.1, 0.15) is 5.75 Å². The van der Waals surface area contributed by atoms with Gasteiger partial charge in [-0.05, 0) is 43.4 Å². The van der Waals surface area contributed by atoms with Crippen LogP contribution in [0.5, 0.6) is 5.75 Å². The van der Waals surface area contributed by atoms with Crippen LogP contribution in [0, 0.1) is 5.92 Å². The smallest absolute Gasteiger partial charge is 0.254 e. The first-order chi connectivity index (χ1) is 10.1. The maximum absolute atomic E-state index is 12.6. The highest BCUT2D eigenvalue weighted by Gasteiger charge is 2.43. The molecule has 0 aliphatic carbocycles. The number of ether oxygens (including phenoxy) is 1. The van der Waals surface area contributed by atoms with Gasteiger partial charge >= 0.3 is 0 Å². The minimum Gasteiger partial charge on any atom is -0.508 e. The number of rotatable bonds is 2. The average molecular weight is 289 g/mol. The molecule has 3 rings (SSSR count). The topological polar surface area (TPSA) is 49.8 Å². The number of hydrogen-bond acceptors (Lipinski definition) is 3. The van der Waals surface area contributed by atoms with E-state index >= 15 is 0 Å². The molecule has 0 radical (unpaired) electrons. The van der Waals surface area contributed by atoms with Crippen molar-refractivity contribution in [2.75, 3.05) is 19.7 Å². The van der Waals surface area contributed by atoms with Gasteiger partial charge in [0.2, 0.25) is 0 Å². The Morgan fingerprint density at radius 2 is 2.38 bits per heavy atom. The lowest BCUT2D eigenvalue weighted by Gasteiger charge is -2.39. The number of benzene rings is 1. The number of phenolic OH excluding ortho intramolecular Hbond substituents is 1. The molecule has 2 aliphatic rings. The second kappa shape index (κ2) is 5.68. The van der Waals surface area contributed by atoms with Crippen molar-refractivity contribution >= 4 is 5.91 Å². The lowest BCUT2D eigenvalue weighted by atomic mass is 9.85. The summed E-state index contributed by atoms with van der Waals surface area (Å²) in [7, 11) is 0. The van der Waals surface area contributed by atoms with Gasteiger partial charge in [-0.25, -0.2) is 0 Å². The molecular formula is C17H23NO3. The van der Waals surface area contributed by atoms with Crippen LogP contribution < -0.4 is 0 Å². The van der Waals surface area contributed by atoms with E-state index in [9.17, 15) is 9.90 Å². The molecule has 1 N–H and O–H groups in total. The van der Waals surface area contributed by atoms with Gasteiger partial charge < -0.3 is 14.7 Å². The molecular weight excluding hydrogens is 266 g/mol. The van der Waals surface area contributed by atoms with Crippen molar-refractivity contribution < 1.29 is 14.6 Å². The van der Waals surface area contributed by atoms with Crippen molar-refractivity contribution in [3.8, 4) is 5.75 Å². The Morgan fingerprint density at radius 1 is 1.52 bits per heavy atom. The van der Waals surface area contributed by atoms with Gasteiger partial charge in [-0.15, -0.1) is 0 Å². The van der Waals surface area contributed by atoms with Crippen molar-refractivity contribution in [3.05, 3.63) is 29.8 Å². The van der Waals surface area contributed by atoms with Crippen LogP contribution in [0.25, 0.3) is 0 Å². The molecule has 2 heterocycles. The Labute approximate surface area is 125 Å². The quantitative estimate of drug-likeness (QED) is 0.911. The van der Waals surface area contributed by atoms with Crippen LogP contribution in [0.1, 0.15) is 43.0 Å². The third kappa shape index (κ3) is 2.91. The highest BCUT2D eigenvalue weighted by molar-refractivity contribution is 5.94. The number of piperidine rings is 1. The van der Waals surface area contributed by atoms with Crippen molar-refractivity contribution in [2.24, 2.45) is 5.92 Å². The fraction of sp³-hybridized carbons (Fsp3) is 0.588. The highest BCUT2D eigenvalue weighted by atomic mass is 16.5. The molecule has 1 amide bonds. The van der Waals surface area contributed by atoms with Crippen LogP contribution in [0.4, 0.5) is 0 Å². The fourth-order valence-electron chi connectivity index (χ4n) is 3.58. The predicted molar refractivity (Wildman–Crippen MR) is 80.3 cm³/mol. The normalized spacial score (nSPS) is 29.0. The van der Waals surface area contributed by atoms with Crippen LogP contribution in [0.3, 0.4) is 0 Å². The van der Waals surface area contributed by atoms with Crippen LogP contribution in [0.2, 0.25) is 0 Å². The predicted octanol–water partition coefficient (Wildman–Crippen LogP) is 2.81. The number of aromatic hydroxyl groups is 1. The van der Waals surface area contributed by atoms with Crippen molar-refractivity contribution in [1.29, 1.82) is 0 Å². The lowest BCUT2D eigenvalue weighted by molar-refractivity contribution is -0.0449. The lowest BCUT2D eigenvalue weighted by Crippen LogP contribution is -2.50. The van der Waals surface area contributed by atoms with E-state index < -0.39 is 0 Å². The molecule has 114 valence electrons. The van der Waals surface area contributed by atoms with Gasteiger partial charge in [-0.1, -0.05) is 19.4 Å². The molecule has 1 spiro atoms. The summed E-state index contributed by atoms with van der Waals surface area (Å²) in [4.78, 5) is 14.5. The maximum Gasteiger partial charge on any atom is 0.254 e. The third-order valence-corrected chi connectivity index (χ3v) is 4.78.